The number of nitrogens with zero attached hydrogens (tertiary/aromatic N) is 7. The number of hydrogen-bond acceptors (Lipinski definition) is 7. The monoisotopic (exact) mass is 409 g/mol. The lowest BCUT2D eigenvalue weighted by molar-refractivity contribution is -0.0178. The summed E-state index contributed by atoms with van der Waals surface area (Å²) in [6.07, 6.45) is 9.55. The van der Waals surface area contributed by atoms with Crippen molar-refractivity contribution in [3.05, 3.63) is 35.5 Å². The Bertz CT molecular complexity index is 1010. The Balaban J connectivity index is 0.000000687. The van der Waals surface area contributed by atoms with Gasteiger partial charge in [-0.3, -0.25) is 4.68 Å². The lowest BCUT2D eigenvalue weighted by Gasteiger charge is -2.36. The van der Waals surface area contributed by atoms with E-state index in [1.165, 1.54) is 19.3 Å². The van der Waals surface area contributed by atoms with Gasteiger partial charge in [0.05, 0.1) is 42.5 Å². The van der Waals surface area contributed by atoms with Crippen molar-refractivity contribution in [1.29, 1.82) is 0 Å². The van der Waals surface area contributed by atoms with Gasteiger partial charge < -0.3 is 9.64 Å². The van der Waals surface area contributed by atoms with Gasteiger partial charge in [-0.15, -0.1) is 0 Å². The molecule has 30 heavy (non-hydrogen) atoms. The van der Waals surface area contributed by atoms with Crippen LogP contribution in [0.25, 0.3) is 11.2 Å². The molecule has 3 aromatic heterocycles. The minimum absolute atomic E-state index is 0.0358. The van der Waals surface area contributed by atoms with Gasteiger partial charge in [0, 0.05) is 18.3 Å². The molecule has 0 spiro atoms. The highest BCUT2D eigenvalue weighted by Crippen LogP contribution is 2.35. The predicted octanol–water partition coefficient (Wildman–Crippen LogP) is 3.95. The summed E-state index contributed by atoms with van der Waals surface area (Å²) in [5.41, 5.74) is 4.29. The summed E-state index contributed by atoms with van der Waals surface area (Å²) < 4.78 is 8.25. The molecule has 8 heteroatoms. The van der Waals surface area contributed by atoms with Crippen LogP contribution in [0.15, 0.2) is 18.6 Å². The fraction of sp³-hybridized carbons (Fsp3) is 0.591. The Morgan fingerprint density at radius 3 is 2.50 bits per heavy atom. The Morgan fingerprint density at radius 1 is 1.03 bits per heavy atom. The number of ether oxygens (including phenoxy) is 1. The summed E-state index contributed by atoms with van der Waals surface area (Å²) in [6, 6.07) is 0.574. The minimum Gasteiger partial charge on any atom is -0.367 e. The molecule has 1 saturated heterocycles. The Morgan fingerprint density at radius 2 is 1.77 bits per heavy atom. The van der Waals surface area contributed by atoms with Gasteiger partial charge in [-0.2, -0.15) is 10.1 Å². The molecule has 1 aliphatic carbocycles. The molecule has 2 fully saturated rings. The fourth-order valence-electron chi connectivity index (χ4n) is 3.53. The quantitative estimate of drug-likeness (QED) is 0.648. The summed E-state index contributed by atoms with van der Waals surface area (Å²) in [5.74, 6) is 0.676. The van der Waals surface area contributed by atoms with Crippen molar-refractivity contribution >= 4 is 17.1 Å². The van der Waals surface area contributed by atoms with Crippen molar-refractivity contribution < 1.29 is 4.74 Å². The van der Waals surface area contributed by atoms with E-state index in [0.29, 0.717) is 24.2 Å². The molecule has 1 aliphatic heterocycles. The zero-order valence-corrected chi connectivity index (χ0v) is 18.5. The maximum absolute atomic E-state index is 6.18. The highest BCUT2D eigenvalue weighted by Gasteiger charge is 2.31. The third-order valence-electron chi connectivity index (χ3n) is 5.28. The molecule has 0 aromatic carbocycles. The van der Waals surface area contributed by atoms with Crippen molar-refractivity contribution in [2.45, 2.75) is 72.1 Å². The highest BCUT2D eigenvalue weighted by molar-refractivity contribution is 5.70. The summed E-state index contributed by atoms with van der Waals surface area (Å²) in [4.78, 5) is 20.5. The SMILES string of the molecule is CCC.Cc1nc2cnc(N3CC(c4cnn(C5CC5)c4)O[C@@H](C)C3)nc2nc1C. The van der Waals surface area contributed by atoms with Gasteiger partial charge in [-0.05, 0) is 33.6 Å². The first-order chi connectivity index (χ1) is 14.5. The molecular formula is C22H31N7O. The van der Waals surface area contributed by atoms with Crippen LogP contribution >= 0.6 is 0 Å². The van der Waals surface area contributed by atoms with Gasteiger partial charge in [0.2, 0.25) is 5.95 Å². The van der Waals surface area contributed by atoms with Gasteiger partial charge in [0.15, 0.2) is 5.65 Å². The van der Waals surface area contributed by atoms with E-state index in [0.717, 1.165) is 29.0 Å². The second-order valence-electron chi connectivity index (χ2n) is 8.31. The van der Waals surface area contributed by atoms with Crippen LogP contribution in [0, 0.1) is 13.8 Å². The fourth-order valence-corrected chi connectivity index (χ4v) is 3.53. The third-order valence-corrected chi connectivity index (χ3v) is 5.28. The maximum Gasteiger partial charge on any atom is 0.227 e. The van der Waals surface area contributed by atoms with E-state index in [1.54, 1.807) is 6.20 Å². The summed E-state index contributed by atoms with van der Waals surface area (Å²) in [5, 5.41) is 4.50. The van der Waals surface area contributed by atoms with Gasteiger partial charge in [0.1, 0.15) is 11.6 Å². The Kier molecular flexibility index (Phi) is 5.94. The number of aromatic nitrogens is 6. The highest BCUT2D eigenvalue weighted by atomic mass is 16.5. The van der Waals surface area contributed by atoms with E-state index < -0.39 is 0 Å². The van der Waals surface area contributed by atoms with Gasteiger partial charge in [-0.25, -0.2) is 15.0 Å². The first-order valence-electron chi connectivity index (χ1n) is 10.9. The van der Waals surface area contributed by atoms with E-state index in [-0.39, 0.29) is 12.2 Å². The summed E-state index contributed by atoms with van der Waals surface area (Å²) in [6.45, 7) is 11.7. The molecule has 4 heterocycles. The van der Waals surface area contributed by atoms with Crippen LogP contribution in [0.4, 0.5) is 5.95 Å². The molecule has 5 rings (SSSR count). The second kappa shape index (κ2) is 8.63. The number of rotatable bonds is 3. The molecule has 0 amide bonds. The van der Waals surface area contributed by atoms with E-state index in [1.807, 2.05) is 20.0 Å². The maximum atomic E-state index is 6.18. The van der Waals surface area contributed by atoms with Crippen molar-refractivity contribution in [2.75, 3.05) is 18.0 Å². The van der Waals surface area contributed by atoms with Crippen molar-refractivity contribution in [3.63, 3.8) is 0 Å². The van der Waals surface area contributed by atoms with Crippen molar-refractivity contribution in [1.82, 2.24) is 29.7 Å². The third kappa shape index (κ3) is 4.43. The molecule has 3 aromatic rings. The molecular weight excluding hydrogens is 378 g/mol. The zero-order valence-electron chi connectivity index (χ0n) is 18.5. The van der Waals surface area contributed by atoms with Crippen LogP contribution in [-0.4, -0.2) is 48.9 Å². The van der Waals surface area contributed by atoms with E-state index >= 15 is 0 Å². The lowest BCUT2D eigenvalue weighted by atomic mass is 10.1. The standard InChI is InChI=1S/C19H23N7O.C3H8/c1-11-8-25(10-17(27-11)14-6-21-26(9-14)15-4-5-15)19-20-7-16-18(24-19)23-13(3)12(2)22-16;1-3-2/h6-7,9,11,15,17H,4-5,8,10H2,1-3H3;3H2,1-2H3/t11-,17?;/m0./s1. The molecule has 2 aliphatic rings. The summed E-state index contributed by atoms with van der Waals surface area (Å²) in [7, 11) is 0. The molecule has 1 saturated carbocycles. The van der Waals surface area contributed by atoms with E-state index in [9.17, 15) is 0 Å². The molecule has 2 atom stereocenters. The number of fused-ring (bicyclic) bond motifs is 1. The van der Waals surface area contributed by atoms with Gasteiger partial charge in [-0.1, -0.05) is 20.3 Å². The molecule has 0 radical (unpaired) electrons. The lowest BCUT2D eigenvalue weighted by Crippen LogP contribution is -2.43. The van der Waals surface area contributed by atoms with Crippen LogP contribution in [0.5, 0.6) is 0 Å². The Hall–Kier alpha value is -2.61. The first-order valence-corrected chi connectivity index (χ1v) is 10.9. The number of morpholine rings is 1. The normalized spacial score (nSPS) is 21.4. The van der Waals surface area contributed by atoms with Crippen LogP contribution < -0.4 is 4.90 Å². The molecule has 160 valence electrons. The topological polar surface area (TPSA) is 81.9 Å². The first kappa shape index (κ1) is 20.7. The van der Waals surface area contributed by atoms with Crippen LogP contribution in [-0.2, 0) is 4.74 Å². The number of aryl methyl sites for hydroxylation is 2. The smallest absolute Gasteiger partial charge is 0.227 e. The van der Waals surface area contributed by atoms with Crippen molar-refractivity contribution in [3.8, 4) is 0 Å². The average Bonchev–Trinajstić information content (AvgIpc) is 3.45. The van der Waals surface area contributed by atoms with E-state index in [4.69, 9.17) is 4.74 Å². The summed E-state index contributed by atoms with van der Waals surface area (Å²) >= 11 is 0. The minimum atomic E-state index is -0.0358. The number of anilines is 1. The van der Waals surface area contributed by atoms with Crippen LogP contribution in [0.3, 0.4) is 0 Å². The Labute approximate surface area is 177 Å². The van der Waals surface area contributed by atoms with Crippen molar-refractivity contribution in [2.24, 2.45) is 0 Å². The number of hydrogen-bond donors (Lipinski definition) is 0. The predicted molar refractivity (Wildman–Crippen MR) is 117 cm³/mol. The molecule has 0 bridgehead atoms. The van der Waals surface area contributed by atoms with Crippen LogP contribution in [0.2, 0.25) is 0 Å². The molecule has 0 N–H and O–H groups in total. The molecule has 1 unspecified atom stereocenters. The average molecular weight is 410 g/mol. The molecule has 8 nitrogen and oxygen atoms in total. The zero-order chi connectivity index (χ0) is 21.3. The van der Waals surface area contributed by atoms with Gasteiger partial charge >= 0.3 is 0 Å². The van der Waals surface area contributed by atoms with Crippen LogP contribution in [0.1, 0.15) is 69.1 Å². The second-order valence-corrected chi connectivity index (χ2v) is 8.31. The van der Waals surface area contributed by atoms with E-state index in [2.05, 4.69) is 61.6 Å². The largest absolute Gasteiger partial charge is 0.367 e. The van der Waals surface area contributed by atoms with Gasteiger partial charge in [0.25, 0.3) is 0 Å².